The maximum atomic E-state index is 2.40. The van der Waals surface area contributed by atoms with E-state index < -0.39 is 0 Å². The summed E-state index contributed by atoms with van der Waals surface area (Å²) in [4.78, 5) is 0. The van der Waals surface area contributed by atoms with Gasteiger partial charge in [0.1, 0.15) is 0 Å². The van der Waals surface area contributed by atoms with Crippen molar-refractivity contribution in [1.82, 2.24) is 0 Å². The van der Waals surface area contributed by atoms with Gasteiger partial charge in [0.25, 0.3) is 0 Å². The Morgan fingerprint density at radius 1 is 1.42 bits per heavy atom. The maximum absolute atomic E-state index is 2.40. The van der Waals surface area contributed by atoms with Crippen molar-refractivity contribution in [2.75, 3.05) is 0 Å². The smallest absolute Gasteiger partial charge is 0.0165 e. The topological polar surface area (TPSA) is 0 Å². The van der Waals surface area contributed by atoms with E-state index in [-0.39, 0.29) is 0 Å². The Morgan fingerprint density at radius 3 is 3.17 bits per heavy atom. The predicted octanol–water partition coefficient (Wildman–Crippen LogP) is 3.84. The lowest BCUT2D eigenvalue weighted by molar-refractivity contribution is 0.483. The monoisotopic (exact) mass is 162 g/mol. The van der Waals surface area contributed by atoms with Crippen LogP contribution >= 0.6 is 0 Å². The summed E-state index contributed by atoms with van der Waals surface area (Å²) >= 11 is 0. The lowest BCUT2D eigenvalue weighted by Gasteiger charge is -2.28. The molecule has 0 unspecified atom stereocenters. The Morgan fingerprint density at radius 2 is 2.33 bits per heavy atom. The molecule has 0 fully saturated rings. The third-order valence-corrected chi connectivity index (χ3v) is 3.28. The van der Waals surface area contributed by atoms with Crippen LogP contribution in [0.25, 0.3) is 0 Å². The van der Waals surface area contributed by atoms with E-state index in [1.165, 1.54) is 38.5 Å². The highest BCUT2D eigenvalue weighted by Gasteiger charge is 2.20. The molecule has 1 atom stereocenters. The van der Waals surface area contributed by atoms with E-state index in [9.17, 15) is 0 Å². The zero-order valence-corrected chi connectivity index (χ0v) is 7.97. The molecule has 0 aromatic heterocycles. The summed E-state index contributed by atoms with van der Waals surface area (Å²) in [7, 11) is 0. The Bertz CT molecular complexity index is 220. The van der Waals surface area contributed by atoms with Gasteiger partial charge in [0.15, 0.2) is 0 Å². The first-order chi connectivity index (χ1) is 5.92. The van der Waals surface area contributed by atoms with Crippen molar-refractivity contribution < 1.29 is 0 Å². The molecule has 0 aromatic carbocycles. The Balaban J connectivity index is 2.24. The van der Waals surface area contributed by atoms with E-state index in [0.717, 1.165) is 5.92 Å². The van der Waals surface area contributed by atoms with Gasteiger partial charge in [-0.1, -0.05) is 24.6 Å². The van der Waals surface area contributed by atoms with Gasteiger partial charge in [-0.3, -0.25) is 0 Å². The minimum atomic E-state index is 0.894. The molecule has 0 aliphatic heterocycles. The summed E-state index contributed by atoms with van der Waals surface area (Å²) in [5.74, 6) is 0.894. The van der Waals surface area contributed by atoms with E-state index >= 15 is 0 Å². The summed E-state index contributed by atoms with van der Waals surface area (Å²) < 4.78 is 0. The number of hydrogen-bond donors (Lipinski definition) is 0. The molecule has 0 heteroatoms. The van der Waals surface area contributed by atoms with Gasteiger partial charge in [0.2, 0.25) is 0 Å². The van der Waals surface area contributed by atoms with E-state index in [0.29, 0.717) is 0 Å². The molecule has 0 aromatic rings. The highest BCUT2D eigenvalue weighted by Crippen LogP contribution is 2.37. The minimum Gasteiger partial charge on any atom is -0.0839 e. The number of hydrogen-bond acceptors (Lipinski definition) is 0. The second-order valence-electron chi connectivity index (χ2n) is 4.00. The third kappa shape index (κ3) is 1.35. The molecular weight excluding hydrogens is 144 g/mol. The highest BCUT2D eigenvalue weighted by atomic mass is 14.3. The van der Waals surface area contributed by atoms with Crippen LogP contribution in [0.2, 0.25) is 0 Å². The van der Waals surface area contributed by atoms with Crippen molar-refractivity contribution in [2.24, 2.45) is 5.92 Å². The van der Waals surface area contributed by atoms with Crippen molar-refractivity contribution in [2.45, 2.75) is 45.4 Å². The van der Waals surface area contributed by atoms with Crippen molar-refractivity contribution in [3.8, 4) is 0 Å². The van der Waals surface area contributed by atoms with E-state index in [1.54, 1.807) is 11.1 Å². The first kappa shape index (κ1) is 8.10. The largest absolute Gasteiger partial charge is 0.0839 e. The molecule has 0 heterocycles. The maximum Gasteiger partial charge on any atom is -0.0165 e. The molecule has 0 N–H and O–H groups in total. The first-order valence-corrected chi connectivity index (χ1v) is 5.30. The van der Waals surface area contributed by atoms with Crippen molar-refractivity contribution >= 4 is 0 Å². The Kier molecular flexibility index (Phi) is 2.34. The zero-order valence-electron chi connectivity index (χ0n) is 7.97. The summed E-state index contributed by atoms with van der Waals surface area (Å²) in [5, 5.41) is 0. The van der Waals surface area contributed by atoms with E-state index in [4.69, 9.17) is 0 Å². The average Bonchev–Trinajstić information content (AvgIpc) is 2.17. The van der Waals surface area contributed by atoms with Gasteiger partial charge in [0, 0.05) is 0 Å². The van der Waals surface area contributed by atoms with Gasteiger partial charge in [-0.2, -0.15) is 0 Å². The molecular formula is C12H18. The van der Waals surface area contributed by atoms with Gasteiger partial charge in [-0.15, -0.1) is 0 Å². The average molecular weight is 162 g/mol. The second kappa shape index (κ2) is 3.47. The summed E-state index contributed by atoms with van der Waals surface area (Å²) in [6.07, 6.45) is 13.0. The molecule has 0 spiro atoms. The SMILES string of the molecule is CC[C@H]1CCCC2=C1C=CCC2. The van der Waals surface area contributed by atoms with Crippen LogP contribution in [0.4, 0.5) is 0 Å². The molecule has 2 rings (SSSR count). The molecule has 2 aliphatic carbocycles. The fourth-order valence-corrected chi connectivity index (χ4v) is 2.57. The molecule has 0 nitrogen and oxygen atoms in total. The van der Waals surface area contributed by atoms with Crippen molar-refractivity contribution in [3.05, 3.63) is 23.3 Å². The molecule has 66 valence electrons. The summed E-state index contributed by atoms with van der Waals surface area (Å²) in [6.45, 7) is 2.32. The predicted molar refractivity (Wildman–Crippen MR) is 53.0 cm³/mol. The molecule has 0 radical (unpaired) electrons. The zero-order chi connectivity index (χ0) is 8.39. The van der Waals surface area contributed by atoms with Crippen LogP contribution in [0.5, 0.6) is 0 Å². The van der Waals surface area contributed by atoms with Crippen LogP contribution in [0.1, 0.15) is 45.4 Å². The molecule has 0 amide bonds. The molecule has 0 saturated heterocycles. The Hall–Kier alpha value is -0.520. The van der Waals surface area contributed by atoms with Crippen LogP contribution < -0.4 is 0 Å². The third-order valence-electron chi connectivity index (χ3n) is 3.28. The molecule has 12 heavy (non-hydrogen) atoms. The van der Waals surface area contributed by atoms with E-state index in [1.807, 2.05) is 0 Å². The number of rotatable bonds is 1. The normalized spacial score (nSPS) is 28.9. The van der Waals surface area contributed by atoms with Crippen molar-refractivity contribution in [3.63, 3.8) is 0 Å². The molecule has 2 aliphatic rings. The van der Waals surface area contributed by atoms with Crippen LogP contribution in [0.3, 0.4) is 0 Å². The Labute approximate surface area is 75.4 Å². The van der Waals surface area contributed by atoms with Gasteiger partial charge in [-0.05, 0) is 50.0 Å². The fraction of sp³-hybridized carbons (Fsp3) is 0.667. The van der Waals surface area contributed by atoms with E-state index in [2.05, 4.69) is 19.1 Å². The van der Waals surface area contributed by atoms with Gasteiger partial charge < -0.3 is 0 Å². The molecule has 0 saturated carbocycles. The van der Waals surface area contributed by atoms with Crippen molar-refractivity contribution in [1.29, 1.82) is 0 Å². The fourth-order valence-electron chi connectivity index (χ4n) is 2.57. The lowest BCUT2D eigenvalue weighted by Crippen LogP contribution is -2.12. The van der Waals surface area contributed by atoms with Crippen LogP contribution in [-0.2, 0) is 0 Å². The summed E-state index contributed by atoms with van der Waals surface area (Å²) in [6, 6.07) is 0. The van der Waals surface area contributed by atoms with Gasteiger partial charge >= 0.3 is 0 Å². The lowest BCUT2D eigenvalue weighted by atomic mass is 9.78. The summed E-state index contributed by atoms with van der Waals surface area (Å²) in [5.41, 5.74) is 3.48. The van der Waals surface area contributed by atoms with Gasteiger partial charge in [0.05, 0.1) is 0 Å². The second-order valence-corrected chi connectivity index (χ2v) is 4.00. The first-order valence-electron chi connectivity index (χ1n) is 5.30. The van der Waals surface area contributed by atoms with Crippen LogP contribution in [-0.4, -0.2) is 0 Å². The highest BCUT2D eigenvalue weighted by molar-refractivity contribution is 5.33. The van der Waals surface area contributed by atoms with Crippen LogP contribution in [0.15, 0.2) is 23.3 Å². The quantitative estimate of drug-likeness (QED) is 0.549. The van der Waals surface area contributed by atoms with Crippen LogP contribution in [0, 0.1) is 5.92 Å². The number of allylic oxidation sites excluding steroid dienone is 4. The minimum absolute atomic E-state index is 0.894. The molecule has 0 bridgehead atoms. The van der Waals surface area contributed by atoms with Gasteiger partial charge in [-0.25, -0.2) is 0 Å². The standard InChI is InChI=1S/C12H18/c1-2-10-7-5-8-11-6-3-4-9-12(10)11/h4,9-10H,2-3,5-8H2,1H3/t10-/m0/s1.